The second kappa shape index (κ2) is 6.60. The van der Waals surface area contributed by atoms with E-state index in [9.17, 15) is 23.1 Å². The van der Waals surface area contributed by atoms with Crippen LogP contribution in [-0.4, -0.2) is 18.2 Å². The first-order valence-electron chi connectivity index (χ1n) is 6.52. The van der Waals surface area contributed by atoms with E-state index in [0.29, 0.717) is 5.75 Å². The van der Waals surface area contributed by atoms with E-state index in [2.05, 4.69) is 0 Å². The van der Waals surface area contributed by atoms with Crippen LogP contribution < -0.4 is 4.74 Å². The molecule has 1 N–H and O–H groups in total. The number of benzene rings is 2. The molecule has 0 saturated carbocycles. The monoisotopic (exact) mass is 326 g/mol. The van der Waals surface area contributed by atoms with E-state index >= 15 is 0 Å². The molecule has 23 heavy (non-hydrogen) atoms. The molecule has 2 rings (SSSR count). The summed E-state index contributed by atoms with van der Waals surface area (Å²) in [6.45, 7) is -0.556. The molecule has 2 aromatic carbocycles. The molecule has 0 heterocycles. The normalized spacial score (nSPS) is 11.1. The van der Waals surface area contributed by atoms with Gasteiger partial charge in [0.15, 0.2) is 0 Å². The van der Waals surface area contributed by atoms with Gasteiger partial charge in [-0.15, -0.1) is 0 Å². The third-order valence-corrected chi connectivity index (χ3v) is 3.11. The summed E-state index contributed by atoms with van der Waals surface area (Å²) >= 11 is 0. The highest BCUT2D eigenvalue weighted by Gasteiger charge is 2.33. The highest BCUT2D eigenvalue weighted by Crippen LogP contribution is 2.32. The number of phenols is 1. The average molecular weight is 326 g/mol. The van der Waals surface area contributed by atoms with Crippen molar-refractivity contribution >= 4 is 5.97 Å². The van der Waals surface area contributed by atoms with Gasteiger partial charge in [0.1, 0.15) is 23.7 Å². The van der Waals surface area contributed by atoms with Gasteiger partial charge >= 0.3 is 12.1 Å². The summed E-state index contributed by atoms with van der Waals surface area (Å²) in [5.74, 6) is -0.970. The molecule has 0 aliphatic carbocycles. The van der Waals surface area contributed by atoms with Gasteiger partial charge in [0.2, 0.25) is 0 Å². The Labute approximate surface area is 130 Å². The molecule has 0 atom stereocenters. The Bertz CT molecular complexity index is 711. The predicted octanol–water partition coefficient (Wildman–Crippen LogP) is 3.78. The Hall–Kier alpha value is -2.70. The van der Waals surface area contributed by atoms with Crippen LogP contribution >= 0.6 is 0 Å². The van der Waals surface area contributed by atoms with E-state index in [0.717, 1.165) is 6.07 Å². The van der Waals surface area contributed by atoms with Crippen molar-refractivity contribution in [3.05, 3.63) is 59.2 Å². The van der Waals surface area contributed by atoms with Gasteiger partial charge in [-0.1, -0.05) is 18.2 Å². The highest BCUT2D eigenvalue weighted by atomic mass is 19.4. The second-order valence-electron chi connectivity index (χ2n) is 4.61. The van der Waals surface area contributed by atoms with Crippen LogP contribution in [0.15, 0.2) is 42.5 Å². The van der Waals surface area contributed by atoms with Gasteiger partial charge in [0.25, 0.3) is 0 Å². The Morgan fingerprint density at radius 3 is 2.48 bits per heavy atom. The lowest BCUT2D eigenvalue weighted by Crippen LogP contribution is -2.12. The number of methoxy groups -OCH3 is 1. The number of alkyl halides is 3. The molecule has 0 amide bonds. The van der Waals surface area contributed by atoms with Crippen LogP contribution in [0.25, 0.3) is 0 Å². The zero-order valence-electron chi connectivity index (χ0n) is 12.1. The van der Waals surface area contributed by atoms with Crippen LogP contribution in [0.3, 0.4) is 0 Å². The minimum absolute atomic E-state index is 0.157. The quantitative estimate of drug-likeness (QED) is 0.869. The molecule has 0 saturated heterocycles. The zero-order valence-corrected chi connectivity index (χ0v) is 12.1. The molecule has 0 unspecified atom stereocenters. The number of carbonyl (C=O) groups is 1. The maximum Gasteiger partial charge on any atom is 0.416 e. The van der Waals surface area contributed by atoms with Crippen molar-refractivity contribution < 1.29 is 32.5 Å². The summed E-state index contributed by atoms with van der Waals surface area (Å²) < 4.78 is 48.3. The van der Waals surface area contributed by atoms with Gasteiger partial charge in [0.05, 0.1) is 12.7 Å². The fourth-order valence-electron chi connectivity index (χ4n) is 1.95. The molecule has 0 bridgehead atoms. The summed E-state index contributed by atoms with van der Waals surface area (Å²) in [6, 6.07) is 8.72. The highest BCUT2D eigenvalue weighted by molar-refractivity contribution is 5.92. The number of hydrogen-bond acceptors (Lipinski definition) is 4. The van der Waals surface area contributed by atoms with Crippen molar-refractivity contribution in [2.24, 2.45) is 0 Å². The van der Waals surface area contributed by atoms with E-state index < -0.39 is 24.3 Å². The van der Waals surface area contributed by atoms with E-state index in [1.165, 1.54) is 43.5 Å². The van der Waals surface area contributed by atoms with Gasteiger partial charge in [-0.2, -0.15) is 13.2 Å². The van der Waals surface area contributed by atoms with Crippen LogP contribution in [-0.2, 0) is 17.5 Å². The molecule has 0 fully saturated rings. The molecular weight excluding hydrogens is 313 g/mol. The van der Waals surface area contributed by atoms with Gasteiger partial charge in [-0.05, 0) is 18.2 Å². The van der Waals surface area contributed by atoms with Gasteiger partial charge < -0.3 is 14.6 Å². The number of rotatable bonds is 4. The van der Waals surface area contributed by atoms with E-state index in [1.807, 2.05) is 0 Å². The molecule has 7 heteroatoms. The molecule has 122 valence electrons. The van der Waals surface area contributed by atoms with E-state index in [1.54, 1.807) is 0 Å². The molecule has 2 aromatic rings. The maximum atomic E-state index is 12.8. The Balaban J connectivity index is 2.14. The molecule has 0 aliphatic rings. The Morgan fingerprint density at radius 2 is 1.87 bits per heavy atom. The SMILES string of the molecule is COc1ccc(C(=O)OCc2ccccc2C(F)(F)F)c(O)c1. The first kappa shape index (κ1) is 16.7. The lowest BCUT2D eigenvalue weighted by molar-refractivity contribution is -0.138. The van der Waals surface area contributed by atoms with Crippen molar-refractivity contribution in [2.45, 2.75) is 12.8 Å². The fourth-order valence-corrected chi connectivity index (χ4v) is 1.95. The summed E-state index contributed by atoms with van der Waals surface area (Å²) in [5.41, 5.74) is -1.19. The zero-order chi connectivity index (χ0) is 17.0. The van der Waals surface area contributed by atoms with Crippen molar-refractivity contribution in [2.75, 3.05) is 7.11 Å². The minimum Gasteiger partial charge on any atom is -0.507 e. The number of phenolic OH excluding ortho intramolecular Hbond substituents is 1. The Morgan fingerprint density at radius 1 is 1.17 bits per heavy atom. The number of esters is 1. The topological polar surface area (TPSA) is 55.8 Å². The van der Waals surface area contributed by atoms with Crippen LogP contribution in [0.2, 0.25) is 0 Å². The van der Waals surface area contributed by atoms with Gasteiger partial charge in [-0.25, -0.2) is 4.79 Å². The molecular formula is C16H13F3O4. The number of aromatic hydroxyl groups is 1. The maximum absolute atomic E-state index is 12.8. The van der Waals surface area contributed by atoms with Crippen LogP contribution in [0.4, 0.5) is 13.2 Å². The summed E-state index contributed by atoms with van der Waals surface area (Å²) in [7, 11) is 1.39. The number of hydrogen-bond donors (Lipinski definition) is 1. The lowest BCUT2D eigenvalue weighted by Gasteiger charge is -2.13. The molecule has 0 aromatic heterocycles. The number of ether oxygens (including phenoxy) is 2. The summed E-state index contributed by atoms with van der Waals surface area (Å²) in [5, 5.41) is 9.71. The van der Waals surface area contributed by atoms with Gasteiger partial charge in [0, 0.05) is 11.6 Å². The standard InChI is InChI=1S/C16H13F3O4/c1-22-11-6-7-12(14(20)8-11)15(21)23-9-10-4-2-3-5-13(10)16(17,18)19/h2-8,20H,9H2,1H3. The first-order valence-corrected chi connectivity index (χ1v) is 6.52. The first-order chi connectivity index (χ1) is 10.8. The number of halogens is 3. The third-order valence-electron chi connectivity index (χ3n) is 3.11. The predicted molar refractivity (Wildman–Crippen MR) is 75.2 cm³/mol. The summed E-state index contributed by atoms with van der Waals surface area (Å²) in [4.78, 5) is 11.9. The van der Waals surface area contributed by atoms with Crippen molar-refractivity contribution in [3.8, 4) is 11.5 Å². The molecule has 0 spiro atoms. The Kier molecular flexibility index (Phi) is 4.78. The molecule has 0 aliphatic heterocycles. The number of carbonyl (C=O) groups excluding carboxylic acids is 1. The minimum atomic E-state index is -4.54. The lowest BCUT2D eigenvalue weighted by atomic mass is 10.1. The largest absolute Gasteiger partial charge is 0.507 e. The second-order valence-corrected chi connectivity index (χ2v) is 4.61. The van der Waals surface area contributed by atoms with Crippen molar-refractivity contribution in [3.63, 3.8) is 0 Å². The van der Waals surface area contributed by atoms with Crippen LogP contribution in [0.1, 0.15) is 21.5 Å². The van der Waals surface area contributed by atoms with Crippen molar-refractivity contribution in [1.82, 2.24) is 0 Å². The average Bonchev–Trinajstić information content (AvgIpc) is 2.51. The van der Waals surface area contributed by atoms with Gasteiger partial charge in [-0.3, -0.25) is 0 Å². The fraction of sp³-hybridized carbons (Fsp3) is 0.188. The smallest absolute Gasteiger partial charge is 0.416 e. The third kappa shape index (κ3) is 3.94. The summed E-state index contributed by atoms with van der Waals surface area (Å²) in [6.07, 6.45) is -4.54. The van der Waals surface area contributed by atoms with E-state index in [-0.39, 0.29) is 16.9 Å². The van der Waals surface area contributed by atoms with Crippen molar-refractivity contribution in [1.29, 1.82) is 0 Å². The van der Waals surface area contributed by atoms with Crippen LogP contribution in [0, 0.1) is 0 Å². The molecule has 0 radical (unpaired) electrons. The van der Waals surface area contributed by atoms with E-state index in [4.69, 9.17) is 9.47 Å². The molecule has 4 nitrogen and oxygen atoms in total. The van der Waals surface area contributed by atoms with Crippen LogP contribution in [0.5, 0.6) is 11.5 Å².